The Kier molecular flexibility index (Phi) is 4.97. The Morgan fingerprint density at radius 1 is 1.44 bits per heavy atom. The molecule has 1 heterocycles. The lowest BCUT2D eigenvalue weighted by molar-refractivity contribution is -0.139. The molecule has 0 aliphatic rings. The Hall–Kier alpha value is -3.08. The van der Waals surface area contributed by atoms with E-state index < -0.39 is 23.7 Å². The topological polar surface area (TPSA) is 117 Å². The molecule has 2 rings (SSSR count). The van der Waals surface area contributed by atoms with E-state index in [0.717, 1.165) is 5.52 Å². The highest BCUT2D eigenvalue weighted by Gasteiger charge is 2.26. The van der Waals surface area contributed by atoms with Gasteiger partial charge in [0.1, 0.15) is 17.5 Å². The number of carboxylic acid groups (broad SMARTS) is 1. The molecule has 0 bridgehead atoms. The van der Waals surface area contributed by atoms with Crippen molar-refractivity contribution in [2.45, 2.75) is 38.8 Å². The highest BCUT2D eigenvalue weighted by molar-refractivity contribution is 5.81. The number of rotatable bonds is 4. The molecule has 0 spiro atoms. The van der Waals surface area contributed by atoms with Crippen molar-refractivity contribution in [3.63, 3.8) is 0 Å². The van der Waals surface area contributed by atoms with Crippen LogP contribution < -0.4 is 5.32 Å². The zero-order valence-electron chi connectivity index (χ0n) is 14.5. The smallest absolute Gasteiger partial charge is 0.408 e. The number of carbonyl (C=O) groups excluding carboxylic acids is 1. The molecule has 2 N–H and O–H groups in total. The number of nitrogens with zero attached hydrogens (tertiary/aromatic N) is 3. The molecule has 0 saturated carbocycles. The maximum atomic E-state index is 11.8. The number of nitrogens with one attached hydrogen (secondary N) is 1. The first-order valence-corrected chi connectivity index (χ1v) is 7.68. The molecule has 8 heteroatoms. The normalized spacial score (nSPS) is 12.4. The van der Waals surface area contributed by atoms with E-state index in [1.54, 1.807) is 50.6 Å². The molecule has 25 heavy (non-hydrogen) atoms. The number of nitriles is 1. The van der Waals surface area contributed by atoms with Crippen molar-refractivity contribution < 1.29 is 19.4 Å². The summed E-state index contributed by atoms with van der Waals surface area (Å²) in [4.78, 5) is 27.7. The molecule has 1 aromatic heterocycles. The third kappa shape index (κ3) is 4.47. The van der Waals surface area contributed by atoms with Gasteiger partial charge in [-0.25, -0.2) is 14.6 Å². The van der Waals surface area contributed by atoms with Gasteiger partial charge in [-0.2, -0.15) is 5.26 Å². The monoisotopic (exact) mass is 344 g/mol. The molecular weight excluding hydrogens is 324 g/mol. The van der Waals surface area contributed by atoms with Gasteiger partial charge in [-0.1, -0.05) is 0 Å². The van der Waals surface area contributed by atoms with E-state index in [1.165, 1.54) is 0 Å². The van der Waals surface area contributed by atoms with Gasteiger partial charge in [0.15, 0.2) is 0 Å². The van der Waals surface area contributed by atoms with Crippen molar-refractivity contribution in [1.29, 1.82) is 5.26 Å². The van der Waals surface area contributed by atoms with Crippen LogP contribution in [0, 0.1) is 11.3 Å². The van der Waals surface area contributed by atoms with Gasteiger partial charge in [0.2, 0.25) is 0 Å². The average Bonchev–Trinajstić information content (AvgIpc) is 2.80. The largest absolute Gasteiger partial charge is 0.480 e. The van der Waals surface area contributed by atoms with Crippen LogP contribution in [0.5, 0.6) is 0 Å². The number of aliphatic carboxylic acids is 1. The molecule has 0 aliphatic carbocycles. The van der Waals surface area contributed by atoms with Crippen molar-refractivity contribution in [1.82, 2.24) is 14.9 Å². The summed E-state index contributed by atoms with van der Waals surface area (Å²) in [6.45, 7) is 5.09. The second-order valence-corrected chi connectivity index (χ2v) is 6.64. The van der Waals surface area contributed by atoms with Gasteiger partial charge >= 0.3 is 12.1 Å². The number of aromatic nitrogens is 2. The van der Waals surface area contributed by atoms with Crippen molar-refractivity contribution >= 4 is 23.1 Å². The van der Waals surface area contributed by atoms with Crippen LogP contribution in [-0.4, -0.2) is 38.4 Å². The van der Waals surface area contributed by atoms with E-state index in [0.29, 0.717) is 16.9 Å². The maximum Gasteiger partial charge on any atom is 0.408 e. The van der Waals surface area contributed by atoms with Gasteiger partial charge in [0.05, 0.1) is 22.7 Å². The van der Waals surface area contributed by atoms with E-state index in [4.69, 9.17) is 10.00 Å². The molecule has 1 atom stereocenters. The summed E-state index contributed by atoms with van der Waals surface area (Å²) in [6.07, 6.45) is -0.813. The maximum absolute atomic E-state index is 11.8. The molecule has 0 radical (unpaired) electrons. The number of carbonyl (C=O) groups is 2. The Bertz CT molecular complexity index is 858. The van der Waals surface area contributed by atoms with Gasteiger partial charge in [-0.15, -0.1) is 0 Å². The predicted octanol–water partition coefficient (Wildman–Crippen LogP) is 1.97. The molecule has 0 fully saturated rings. The number of fused-ring (bicyclic) bond motifs is 1. The van der Waals surface area contributed by atoms with E-state index in [1.807, 2.05) is 6.07 Å². The Balaban J connectivity index is 2.24. The standard InChI is InChI=1S/C17H20N4O4/c1-17(2,3)25-16(24)20-12(15(22)23)8-14-19-11-7-10(9-18)5-6-13(11)21(14)4/h5-7,12H,8H2,1-4H3,(H,20,24)(H,22,23)/t12-/m0/s1. The molecule has 2 aromatic rings. The number of alkyl carbamates (subject to hydrolysis) is 1. The number of amides is 1. The number of ether oxygens (including phenoxy) is 1. The summed E-state index contributed by atoms with van der Waals surface area (Å²) in [5, 5.41) is 20.7. The summed E-state index contributed by atoms with van der Waals surface area (Å²) in [6, 6.07) is 5.91. The second kappa shape index (κ2) is 6.81. The third-order valence-corrected chi connectivity index (χ3v) is 3.48. The van der Waals surface area contributed by atoms with Crippen LogP contribution in [0.25, 0.3) is 11.0 Å². The second-order valence-electron chi connectivity index (χ2n) is 6.64. The summed E-state index contributed by atoms with van der Waals surface area (Å²) in [5.74, 6) is -0.704. The van der Waals surface area contributed by atoms with Crippen molar-refractivity contribution in [3.8, 4) is 6.07 Å². The van der Waals surface area contributed by atoms with Crippen LogP contribution in [0.4, 0.5) is 4.79 Å². The number of carboxylic acids is 1. The molecule has 0 unspecified atom stereocenters. The number of hydrogen-bond donors (Lipinski definition) is 2. The van der Waals surface area contributed by atoms with E-state index in [-0.39, 0.29) is 6.42 Å². The minimum absolute atomic E-state index is 0.0123. The van der Waals surface area contributed by atoms with Crippen LogP contribution in [0.1, 0.15) is 32.2 Å². The number of imidazole rings is 1. The van der Waals surface area contributed by atoms with Crippen molar-refractivity contribution in [3.05, 3.63) is 29.6 Å². The first-order valence-electron chi connectivity index (χ1n) is 7.68. The van der Waals surface area contributed by atoms with Crippen LogP contribution in [0.15, 0.2) is 18.2 Å². The van der Waals surface area contributed by atoms with Crippen LogP contribution in [-0.2, 0) is 23.0 Å². The minimum Gasteiger partial charge on any atom is -0.480 e. The third-order valence-electron chi connectivity index (χ3n) is 3.48. The van der Waals surface area contributed by atoms with Gasteiger partial charge in [-0.05, 0) is 39.0 Å². The SMILES string of the molecule is Cn1c(C[C@H](NC(=O)OC(C)(C)C)C(=O)O)nc2cc(C#N)ccc21. The molecule has 1 aromatic carbocycles. The minimum atomic E-state index is -1.18. The molecular formula is C17H20N4O4. The van der Waals surface area contributed by atoms with Crippen molar-refractivity contribution in [2.24, 2.45) is 7.05 Å². The molecule has 0 aliphatic heterocycles. The highest BCUT2D eigenvalue weighted by Crippen LogP contribution is 2.18. The van der Waals surface area contributed by atoms with Crippen molar-refractivity contribution in [2.75, 3.05) is 0 Å². The van der Waals surface area contributed by atoms with Crippen LogP contribution >= 0.6 is 0 Å². The summed E-state index contributed by atoms with van der Waals surface area (Å²) in [5.41, 5.74) is 1.12. The number of hydrogen-bond acceptors (Lipinski definition) is 5. The molecule has 1 amide bonds. The number of aryl methyl sites for hydroxylation is 1. The number of benzene rings is 1. The van der Waals surface area contributed by atoms with E-state index >= 15 is 0 Å². The summed E-state index contributed by atoms with van der Waals surface area (Å²) >= 11 is 0. The Labute approximate surface area is 145 Å². The first kappa shape index (κ1) is 18.3. The van der Waals surface area contributed by atoms with Crippen LogP contribution in [0.3, 0.4) is 0 Å². The van der Waals surface area contributed by atoms with E-state index in [2.05, 4.69) is 10.3 Å². The zero-order chi connectivity index (χ0) is 18.8. The van der Waals surface area contributed by atoms with Gasteiger partial charge in [-0.3, -0.25) is 0 Å². The van der Waals surface area contributed by atoms with Crippen LogP contribution in [0.2, 0.25) is 0 Å². The lowest BCUT2D eigenvalue weighted by Crippen LogP contribution is -2.45. The van der Waals surface area contributed by atoms with E-state index in [9.17, 15) is 14.7 Å². The zero-order valence-corrected chi connectivity index (χ0v) is 14.5. The molecule has 0 saturated heterocycles. The quantitative estimate of drug-likeness (QED) is 0.875. The molecule has 8 nitrogen and oxygen atoms in total. The molecule has 132 valence electrons. The predicted molar refractivity (Wildman–Crippen MR) is 89.9 cm³/mol. The fourth-order valence-corrected chi connectivity index (χ4v) is 2.33. The first-order chi connectivity index (χ1) is 11.6. The fourth-order valence-electron chi connectivity index (χ4n) is 2.33. The van der Waals surface area contributed by atoms with Gasteiger partial charge in [0.25, 0.3) is 0 Å². The Morgan fingerprint density at radius 2 is 2.12 bits per heavy atom. The van der Waals surface area contributed by atoms with Gasteiger partial charge < -0.3 is 19.7 Å². The lowest BCUT2D eigenvalue weighted by Gasteiger charge is -2.21. The highest BCUT2D eigenvalue weighted by atomic mass is 16.6. The van der Waals surface area contributed by atoms with Gasteiger partial charge in [0, 0.05) is 13.5 Å². The summed E-state index contributed by atoms with van der Waals surface area (Å²) < 4.78 is 6.84. The fraction of sp³-hybridized carbons (Fsp3) is 0.412. The lowest BCUT2D eigenvalue weighted by atomic mass is 10.2. The Morgan fingerprint density at radius 3 is 2.68 bits per heavy atom. The average molecular weight is 344 g/mol. The summed E-state index contributed by atoms with van der Waals surface area (Å²) in [7, 11) is 1.75.